The maximum absolute atomic E-state index is 11.2. The maximum atomic E-state index is 11.2. The third-order valence-corrected chi connectivity index (χ3v) is 3.81. The van der Waals surface area contributed by atoms with E-state index in [9.17, 15) is 4.79 Å². The second-order valence-corrected chi connectivity index (χ2v) is 5.44. The molecule has 1 aliphatic heterocycles. The third kappa shape index (κ3) is 2.97. The minimum Gasteiger partial charge on any atom is -0.454 e. The van der Waals surface area contributed by atoms with Crippen molar-refractivity contribution in [1.82, 2.24) is 0 Å². The van der Waals surface area contributed by atoms with Crippen molar-refractivity contribution in [2.24, 2.45) is 4.99 Å². The summed E-state index contributed by atoms with van der Waals surface area (Å²) >= 11 is 3.48. The van der Waals surface area contributed by atoms with E-state index in [-0.39, 0.29) is 12.6 Å². The Kier molecular flexibility index (Phi) is 3.75. The van der Waals surface area contributed by atoms with Crippen molar-refractivity contribution >= 4 is 33.6 Å². The molecule has 0 amide bonds. The number of carbonyl (C=O) groups is 1. The number of ether oxygens (including phenoxy) is 2. The number of rotatable bonds is 3. The van der Waals surface area contributed by atoms with Gasteiger partial charge in [-0.05, 0) is 59.3 Å². The number of ketones is 1. The van der Waals surface area contributed by atoms with Gasteiger partial charge in [-0.25, -0.2) is 0 Å². The Morgan fingerprint density at radius 1 is 1.19 bits per heavy atom. The highest BCUT2D eigenvalue weighted by atomic mass is 79.9. The summed E-state index contributed by atoms with van der Waals surface area (Å²) in [5.41, 5.74) is 2.36. The minimum absolute atomic E-state index is 0.0454. The van der Waals surface area contributed by atoms with Gasteiger partial charge in [0.05, 0.1) is 5.69 Å². The molecule has 1 heterocycles. The van der Waals surface area contributed by atoms with E-state index in [1.807, 2.05) is 24.3 Å². The Morgan fingerprint density at radius 3 is 2.52 bits per heavy atom. The van der Waals surface area contributed by atoms with Gasteiger partial charge < -0.3 is 9.47 Å². The van der Waals surface area contributed by atoms with Crippen molar-refractivity contribution in [3.63, 3.8) is 0 Å². The van der Waals surface area contributed by atoms with Crippen LogP contribution in [0.3, 0.4) is 0 Å². The number of hydrogen-bond donors (Lipinski definition) is 0. The highest BCUT2D eigenvalue weighted by Gasteiger charge is 2.15. The fourth-order valence-corrected chi connectivity index (χ4v) is 2.38. The lowest BCUT2D eigenvalue weighted by Crippen LogP contribution is -1.92. The third-order valence-electron chi connectivity index (χ3n) is 3.12. The summed E-state index contributed by atoms with van der Waals surface area (Å²) in [7, 11) is 0. The van der Waals surface area contributed by atoms with Crippen LogP contribution in [0.25, 0.3) is 0 Å². The van der Waals surface area contributed by atoms with E-state index in [1.165, 1.54) is 0 Å². The van der Waals surface area contributed by atoms with Crippen molar-refractivity contribution in [3.8, 4) is 11.5 Å². The maximum Gasteiger partial charge on any atom is 0.231 e. The van der Waals surface area contributed by atoms with E-state index in [4.69, 9.17) is 9.47 Å². The van der Waals surface area contributed by atoms with Crippen LogP contribution in [0.5, 0.6) is 11.5 Å². The fraction of sp³-hybridized carbons (Fsp3) is 0.125. The van der Waals surface area contributed by atoms with Gasteiger partial charge in [-0.15, -0.1) is 0 Å². The van der Waals surface area contributed by atoms with Crippen LogP contribution in [0.2, 0.25) is 0 Å². The molecule has 3 rings (SSSR count). The summed E-state index contributed by atoms with van der Waals surface area (Å²) in [4.78, 5) is 15.6. The molecule has 0 atom stereocenters. The summed E-state index contributed by atoms with van der Waals surface area (Å²) < 4.78 is 11.5. The molecule has 0 N–H and O–H groups in total. The number of benzene rings is 2. The predicted octanol–water partition coefficient (Wildman–Crippen LogP) is 4.13. The first-order valence-corrected chi connectivity index (χ1v) is 7.17. The van der Waals surface area contributed by atoms with Crippen LogP contribution in [0.15, 0.2) is 45.9 Å². The monoisotopic (exact) mass is 345 g/mol. The van der Waals surface area contributed by atoms with Gasteiger partial charge in [-0.1, -0.05) is 0 Å². The molecule has 0 aliphatic carbocycles. The molecule has 2 aromatic rings. The second kappa shape index (κ2) is 5.69. The average molecular weight is 346 g/mol. The highest BCUT2D eigenvalue weighted by Crippen LogP contribution is 2.36. The molecule has 0 saturated carbocycles. The topological polar surface area (TPSA) is 47.9 Å². The van der Waals surface area contributed by atoms with E-state index in [2.05, 4.69) is 20.9 Å². The first kappa shape index (κ1) is 13.8. The molecule has 0 aromatic heterocycles. The lowest BCUT2D eigenvalue weighted by molar-refractivity contribution is 0.101. The molecule has 0 saturated heterocycles. The zero-order chi connectivity index (χ0) is 14.8. The fourth-order valence-electron chi connectivity index (χ4n) is 1.96. The van der Waals surface area contributed by atoms with E-state index >= 15 is 0 Å². The molecule has 0 unspecified atom stereocenters. The Bertz CT molecular complexity index is 723. The Balaban J connectivity index is 1.84. The Hall–Kier alpha value is -2.14. The van der Waals surface area contributed by atoms with Crippen molar-refractivity contribution in [2.45, 2.75) is 6.92 Å². The molecule has 2 aromatic carbocycles. The molecule has 4 nitrogen and oxygen atoms in total. The van der Waals surface area contributed by atoms with Gasteiger partial charge in [0.2, 0.25) is 6.79 Å². The highest BCUT2D eigenvalue weighted by molar-refractivity contribution is 9.10. The van der Waals surface area contributed by atoms with Crippen molar-refractivity contribution in [1.29, 1.82) is 0 Å². The molecular formula is C16H12BrNO3. The van der Waals surface area contributed by atoms with Crippen LogP contribution in [0.4, 0.5) is 5.69 Å². The lowest BCUT2D eigenvalue weighted by Gasteiger charge is -2.02. The minimum atomic E-state index is 0.0454. The average Bonchev–Trinajstić information content (AvgIpc) is 2.92. The summed E-state index contributed by atoms with van der Waals surface area (Å²) in [5.74, 6) is 1.49. The van der Waals surface area contributed by atoms with Crippen LogP contribution < -0.4 is 9.47 Å². The van der Waals surface area contributed by atoms with E-state index in [0.717, 1.165) is 21.5 Å². The van der Waals surface area contributed by atoms with Gasteiger partial charge >= 0.3 is 0 Å². The molecule has 0 bridgehead atoms. The van der Waals surface area contributed by atoms with E-state index in [1.54, 1.807) is 25.3 Å². The molecule has 0 fully saturated rings. The van der Waals surface area contributed by atoms with Gasteiger partial charge in [0.15, 0.2) is 17.3 Å². The first-order valence-electron chi connectivity index (χ1n) is 6.38. The summed E-state index contributed by atoms with van der Waals surface area (Å²) in [6.45, 7) is 1.79. The van der Waals surface area contributed by atoms with Gasteiger partial charge in [0.1, 0.15) is 0 Å². The smallest absolute Gasteiger partial charge is 0.231 e. The van der Waals surface area contributed by atoms with Gasteiger partial charge in [-0.3, -0.25) is 9.79 Å². The molecule has 1 aliphatic rings. The van der Waals surface area contributed by atoms with Crippen LogP contribution in [-0.2, 0) is 0 Å². The van der Waals surface area contributed by atoms with Crippen LogP contribution >= 0.6 is 15.9 Å². The number of aliphatic imine (C=N–C) groups is 1. The van der Waals surface area contributed by atoms with E-state index in [0.29, 0.717) is 11.3 Å². The van der Waals surface area contributed by atoms with Gasteiger partial charge in [0, 0.05) is 21.8 Å². The van der Waals surface area contributed by atoms with Gasteiger partial charge in [0.25, 0.3) is 0 Å². The van der Waals surface area contributed by atoms with Crippen molar-refractivity contribution < 1.29 is 14.3 Å². The number of carbonyl (C=O) groups excluding carboxylic acids is 1. The summed E-state index contributed by atoms with van der Waals surface area (Å²) in [5, 5.41) is 0. The molecule has 21 heavy (non-hydrogen) atoms. The molecular weight excluding hydrogens is 334 g/mol. The van der Waals surface area contributed by atoms with Crippen LogP contribution in [-0.4, -0.2) is 18.8 Å². The summed E-state index contributed by atoms with van der Waals surface area (Å²) in [6, 6.07) is 10.9. The molecule has 106 valence electrons. The molecule has 0 spiro atoms. The number of halogens is 1. The molecule has 5 heteroatoms. The van der Waals surface area contributed by atoms with E-state index < -0.39 is 0 Å². The first-order chi connectivity index (χ1) is 10.1. The number of fused-ring (bicyclic) bond motifs is 1. The zero-order valence-corrected chi connectivity index (χ0v) is 12.9. The number of nitrogens with zero attached hydrogens (tertiary/aromatic N) is 1. The van der Waals surface area contributed by atoms with Crippen molar-refractivity contribution in [3.05, 3.63) is 52.0 Å². The van der Waals surface area contributed by atoms with Crippen molar-refractivity contribution in [2.75, 3.05) is 6.79 Å². The number of Topliss-reactive ketones (excluding diaryl/α,β-unsaturated/α-hetero) is 1. The quantitative estimate of drug-likeness (QED) is 0.620. The lowest BCUT2D eigenvalue weighted by atomic mass is 10.1. The standard InChI is InChI=1S/C16H12BrNO3/c1-10(19)11-2-4-13(5-3-11)18-8-12-6-15-16(7-14(12)17)21-9-20-15/h2-8H,9H2,1H3. The van der Waals surface area contributed by atoms with Gasteiger partial charge in [-0.2, -0.15) is 0 Å². The predicted molar refractivity (Wildman–Crippen MR) is 84.0 cm³/mol. The normalized spacial score (nSPS) is 12.9. The van der Waals surface area contributed by atoms with Crippen LogP contribution in [0, 0.1) is 0 Å². The molecule has 0 radical (unpaired) electrons. The SMILES string of the molecule is CC(=O)c1ccc(N=Cc2cc3c(cc2Br)OCO3)cc1. The number of hydrogen-bond acceptors (Lipinski definition) is 4. The summed E-state index contributed by atoms with van der Waals surface area (Å²) in [6.07, 6.45) is 1.74. The Labute approximate surface area is 130 Å². The zero-order valence-electron chi connectivity index (χ0n) is 11.3. The second-order valence-electron chi connectivity index (χ2n) is 4.59. The van der Waals surface area contributed by atoms with Crippen LogP contribution in [0.1, 0.15) is 22.8 Å². The Morgan fingerprint density at radius 2 is 1.86 bits per heavy atom. The largest absolute Gasteiger partial charge is 0.454 e.